The highest BCUT2D eigenvalue weighted by atomic mass is 16.5. The van der Waals surface area contributed by atoms with Gasteiger partial charge in [0.1, 0.15) is 5.75 Å². The summed E-state index contributed by atoms with van der Waals surface area (Å²) in [7, 11) is 1.65. The van der Waals surface area contributed by atoms with Crippen molar-refractivity contribution in [3.8, 4) is 5.75 Å². The third-order valence-corrected chi connectivity index (χ3v) is 3.11. The number of Topliss-reactive ketones (excluding diaryl/α,β-unsaturated/α-hetero) is 1. The molecule has 0 aromatic heterocycles. The Balaban J connectivity index is 3.68. The molecule has 0 aliphatic carbocycles. The van der Waals surface area contributed by atoms with E-state index in [9.17, 15) is 4.79 Å². The zero-order chi connectivity index (χ0) is 11.7. The molecule has 0 aliphatic rings. The van der Waals surface area contributed by atoms with Gasteiger partial charge in [-0.05, 0) is 51.3 Å². The summed E-state index contributed by atoms with van der Waals surface area (Å²) in [6.45, 7) is 9.58. The maximum Gasteiger partial charge on any atom is 0.160 e. The lowest BCUT2D eigenvalue weighted by molar-refractivity contribution is 0.101. The molecule has 0 bridgehead atoms. The van der Waals surface area contributed by atoms with Crippen molar-refractivity contribution in [3.63, 3.8) is 0 Å². The molecule has 82 valence electrons. The number of carbonyl (C=O) groups excluding carboxylic acids is 1. The van der Waals surface area contributed by atoms with Crippen LogP contribution < -0.4 is 4.74 Å². The molecule has 0 unspecified atom stereocenters. The second kappa shape index (κ2) is 4.05. The van der Waals surface area contributed by atoms with Crippen LogP contribution in [0.2, 0.25) is 0 Å². The average molecular weight is 206 g/mol. The van der Waals surface area contributed by atoms with Gasteiger partial charge in [0.15, 0.2) is 5.78 Å². The molecule has 1 aromatic carbocycles. The number of ether oxygens (including phenoxy) is 1. The van der Waals surface area contributed by atoms with Gasteiger partial charge in [0, 0.05) is 11.1 Å². The maximum atomic E-state index is 11.6. The predicted octanol–water partition coefficient (Wildman–Crippen LogP) is 3.13. The Labute approximate surface area is 91.3 Å². The third-order valence-electron chi connectivity index (χ3n) is 3.11. The third kappa shape index (κ3) is 1.76. The summed E-state index contributed by atoms with van der Waals surface area (Å²) in [6.07, 6.45) is 0. The molecular formula is C13H18O2. The van der Waals surface area contributed by atoms with Crippen LogP contribution in [0.3, 0.4) is 0 Å². The van der Waals surface area contributed by atoms with Gasteiger partial charge in [-0.15, -0.1) is 0 Å². The van der Waals surface area contributed by atoms with Crippen molar-refractivity contribution in [1.82, 2.24) is 0 Å². The summed E-state index contributed by atoms with van der Waals surface area (Å²) in [5, 5.41) is 0. The number of hydrogen-bond acceptors (Lipinski definition) is 2. The first kappa shape index (κ1) is 11.8. The monoisotopic (exact) mass is 206 g/mol. The molecule has 0 saturated heterocycles. The zero-order valence-corrected chi connectivity index (χ0v) is 10.3. The van der Waals surface area contributed by atoms with E-state index in [2.05, 4.69) is 0 Å². The first-order valence-corrected chi connectivity index (χ1v) is 5.07. The minimum atomic E-state index is 0.103. The number of hydrogen-bond donors (Lipinski definition) is 0. The Bertz CT molecular complexity index is 417. The van der Waals surface area contributed by atoms with Crippen LogP contribution >= 0.6 is 0 Å². The van der Waals surface area contributed by atoms with E-state index < -0.39 is 0 Å². The van der Waals surface area contributed by atoms with E-state index in [4.69, 9.17) is 4.74 Å². The number of carbonyl (C=O) groups is 1. The van der Waals surface area contributed by atoms with Crippen molar-refractivity contribution in [1.29, 1.82) is 0 Å². The van der Waals surface area contributed by atoms with Crippen LogP contribution in [0.15, 0.2) is 0 Å². The lowest BCUT2D eigenvalue weighted by Gasteiger charge is -2.17. The standard InChI is InChI=1S/C13H18O2/c1-7-8(2)12(11(5)14)10(4)13(15-6)9(7)3/h1-6H3. The second-order valence-electron chi connectivity index (χ2n) is 3.96. The first-order valence-electron chi connectivity index (χ1n) is 5.07. The van der Waals surface area contributed by atoms with Gasteiger partial charge < -0.3 is 4.74 Å². The van der Waals surface area contributed by atoms with Gasteiger partial charge in [-0.3, -0.25) is 4.79 Å². The van der Waals surface area contributed by atoms with Crippen LogP contribution in [0, 0.1) is 27.7 Å². The molecule has 1 aromatic rings. The highest BCUT2D eigenvalue weighted by Crippen LogP contribution is 2.32. The molecule has 0 N–H and O–H groups in total. The van der Waals surface area contributed by atoms with E-state index in [-0.39, 0.29) is 5.78 Å². The van der Waals surface area contributed by atoms with Gasteiger partial charge in [0.25, 0.3) is 0 Å². The van der Waals surface area contributed by atoms with Crippen LogP contribution in [-0.4, -0.2) is 12.9 Å². The Morgan fingerprint density at radius 3 is 1.87 bits per heavy atom. The van der Waals surface area contributed by atoms with Crippen molar-refractivity contribution in [2.24, 2.45) is 0 Å². The summed E-state index contributed by atoms with van der Waals surface area (Å²) in [6, 6.07) is 0. The largest absolute Gasteiger partial charge is 0.496 e. The summed E-state index contributed by atoms with van der Waals surface area (Å²) in [5.74, 6) is 0.940. The highest BCUT2D eigenvalue weighted by molar-refractivity contribution is 5.98. The maximum absolute atomic E-state index is 11.6. The normalized spacial score (nSPS) is 10.3. The van der Waals surface area contributed by atoms with Crippen LogP contribution in [0.1, 0.15) is 39.5 Å². The molecular weight excluding hydrogens is 188 g/mol. The lowest BCUT2D eigenvalue weighted by atomic mass is 9.91. The summed E-state index contributed by atoms with van der Waals surface area (Å²) >= 11 is 0. The predicted molar refractivity (Wildman–Crippen MR) is 61.9 cm³/mol. The van der Waals surface area contributed by atoms with Crippen molar-refractivity contribution >= 4 is 5.78 Å². The van der Waals surface area contributed by atoms with E-state index >= 15 is 0 Å². The molecule has 0 heterocycles. The zero-order valence-electron chi connectivity index (χ0n) is 10.3. The molecule has 0 fully saturated rings. The van der Waals surface area contributed by atoms with Crippen molar-refractivity contribution in [3.05, 3.63) is 27.8 Å². The second-order valence-corrected chi connectivity index (χ2v) is 3.96. The molecule has 0 saturated carbocycles. The van der Waals surface area contributed by atoms with E-state index in [1.807, 2.05) is 27.7 Å². The molecule has 0 spiro atoms. The lowest BCUT2D eigenvalue weighted by Crippen LogP contribution is -2.06. The quantitative estimate of drug-likeness (QED) is 0.695. The van der Waals surface area contributed by atoms with Gasteiger partial charge in [0.2, 0.25) is 0 Å². The molecule has 0 amide bonds. The molecule has 0 radical (unpaired) electrons. The minimum Gasteiger partial charge on any atom is -0.496 e. The Kier molecular flexibility index (Phi) is 3.18. The number of methoxy groups -OCH3 is 1. The van der Waals surface area contributed by atoms with Crippen molar-refractivity contribution in [2.45, 2.75) is 34.6 Å². The van der Waals surface area contributed by atoms with Gasteiger partial charge >= 0.3 is 0 Å². The topological polar surface area (TPSA) is 26.3 Å². The molecule has 2 nitrogen and oxygen atoms in total. The molecule has 1 rings (SSSR count). The van der Waals surface area contributed by atoms with E-state index in [1.165, 1.54) is 0 Å². The fourth-order valence-corrected chi connectivity index (χ4v) is 2.15. The van der Waals surface area contributed by atoms with Gasteiger partial charge in [-0.2, -0.15) is 0 Å². The molecule has 2 heteroatoms. The van der Waals surface area contributed by atoms with E-state index in [1.54, 1.807) is 14.0 Å². The fraction of sp³-hybridized carbons (Fsp3) is 0.462. The van der Waals surface area contributed by atoms with Crippen LogP contribution in [0.5, 0.6) is 5.75 Å². The summed E-state index contributed by atoms with van der Waals surface area (Å²) in [4.78, 5) is 11.6. The number of rotatable bonds is 2. The number of benzene rings is 1. The first-order chi connectivity index (χ1) is 6.91. The fourth-order valence-electron chi connectivity index (χ4n) is 2.15. The smallest absolute Gasteiger partial charge is 0.160 e. The van der Waals surface area contributed by atoms with Crippen LogP contribution in [0.4, 0.5) is 0 Å². The minimum absolute atomic E-state index is 0.103. The van der Waals surface area contributed by atoms with Crippen molar-refractivity contribution < 1.29 is 9.53 Å². The number of ketones is 1. The molecule has 0 atom stereocenters. The van der Waals surface area contributed by atoms with Gasteiger partial charge in [-0.25, -0.2) is 0 Å². The summed E-state index contributed by atoms with van der Waals surface area (Å²) in [5.41, 5.74) is 5.08. The Morgan fingerprint density at radius 1 is 0.933 bits per heavy atom. The highest BCUT2D eigenvalue weighted by Gasteiger charge is 2.17. The van der Waals surface area contributed by atoms with Crippen LogP contribution in [-0.2, 0) is 0 Å². The van der Waals surface area contributed by atoms with Gasteiger partial charge in [0.05, 0.1) is 7.11 Å². The Hall–Kier alpha value is -1.31. The van der Waals surface area contributed by atoms with Gasteiger partial charge in [-0.1, -0.05) is 0 Å². The summed E-state index contributed by atoms with van der Waals surface area (Å²) < 4.78 is 5.35. The SMILES string of the molecule is COc1c(C)c(C)c(C)c(C(C)=O)c1C. The van der Waals surface area contributed by atoms with E-state index in [0.717, 1.165) is 33.6 Å². The van der Waals surface area contributed by atoms with E-state index in [0.29, 0.717) is 0 Å². The Morgan fingerprint density at radius 2 is 1.47 bits per heavy atom. The molecule has 15 heavy (non-hydrogen) atoms. The van der Waals surface area contributed by atoms with Crippen LogP contribution in [0.25, 0.3) is 0 Å². The van der Waals surface area contributed by atoms with Crippen molar-refractivity contribution in [2.75, 3.05) is 7.11 Å². The average Bonchev–Trinajstić information content (AvgIpc) is 2.15. The molecule has 0 aliphatic heterocycles.